The van der Waals surface area contributed by atoms with E-state index in [1.54, 1.807) is 18.0 Å². The lowest BCUT2D eigenvalue weighted by molar-refractivity contribution is 0.133. The molecule has 1 aromatic rings. The summed E-state index contributed by atoms with van der Waals surface area (Å²) in [6, 6.07) is 1.91. The third-order valence-electron chi connectivity index (χ3n) is 2.35. The smallest absolute Gasteiger partial charge is 0.187 e. The molecule has 0 spiro atoms. The van der Waals surface area contributed by atoms with Crippen molar-refractivity contribution >= 4 is 11.8 Å². The summed E-state index contributed by atoms with van der Waals surface area (Å²) in [6.07, 6.45) is 4.15. The topological polar surface area (TPSA) is 47.0 Å². The molecule has 102 valence electrons. The molecule has 18 heavy (non-hydrogen) atoms. The van der Waals surface area contributed by atoms with E-state index in [1.165, 1.54) is 6.42 Å². The summed E-state index contributed by atoms with van der Waals surface area (Å²) < 4.78 is 5.46. The molecule has 0 radical (unpaired) electrons. The second-order valence-corrected chi connectivity index (χ2v) is 5.11. The van der Waals surface area contributed by atoms with Gasteiger partial charge in [-0.1, -0.05) is 25.1 Å². The van der Waals surface area contributed by atoms with Crippen molar-refractivity contribution in [1.29, 1.82) is 0 Å². The third kappa shape index (κ3) is 7.63. The van der Waals surface area contributed by atoms with Gasteiger partial charge in [-0.05, 0) is 19.4 Å². The van der Waals surface area contributed by atoms with Crippen molar-refractivity contribution in [2.24, 2.45) is 0 Å². The maximum Gasteiger partial charge on any atom is 0.187 e. The molecule has 0 atom stereocenters. The van der Waals surface area contributed by atoms with Crippen molar-refractivity contribution in [3.63, 3.8) is 0 Å². The molecule has 4 nitrogen and oxygen atoms in total. The number of hydrogen-bond acceptors (Lipinski definition) is 5. The number of thioether (sulfide) groups is 1. The van der Waals surface area contributed by atoms with E-state index in [4.69, 9.17) is 4.74 Å². The Labute approximate surface area is 114 Å². The third-order valence-corrected chi connectivity index (χ3v) is 3.21. The van der Waals surface area contributed by atoms with E-state index in [1.807, 2.05) is 13.0 Å². The fourth-order valence-electron chi connectivity index (χ4n) is 1.33. The first-order valence-corrected chi connectivity index (χ1v) is 7.52. The number of rotatable bonds is 10. The highest BCUT2D eigenvalue weighted by molar-refractivity contribution is 7.99. The van der Waals surface area contributed by atoms with Gasteiger partial charge in [0, 0.05) is 37.3 Å². The first kappa shape index (κ1) is 15.4. The zero-order valence-corrected chi connectivity index (χ0v) is 12.1. The van der Waals surface area contributed by atoms with Crippen LogP contribution in [-0.2, 0) is 4.74 Å². The molecule has 0 amide bonds. The van der Waals surface area contributed by atoms with Gasteiger partial charge in [-0.15, -0.1) is 0 Å². The maximum absolute atomic E-state index is 5.46. The summed E-state index contributed by atoms with van der Waals surface area (Å²) in [6.45, 7) is 7.71. The predicted molar refractivity (Wildman–Crippen MR) is 76.1 cm³/mol. The summed E-state index contributed by atoms with van der Waals surface area (Å²) >= 11 is 1.68. The van der Waals surface area contributed by atoms with E-state index in [0.717, 1.165) is 49.3 Å². The van der Waals surface area contributed by atoms with E-state index in [-0.39, 0.29) is 0 Å². The van der Waals surface area contributed by atoms with E-state index >= 15 is 0 Å². The van der Waals surface area contributed by atoms with Gasteiger partial charge in [0.15, 0.2) is 5.16 Å². The first-order valence-electron chi connectivity index (χ1n) is 6.54. The van der Waals surface area contributed by atoms with E-state index in [9.17, 15) is 0 Å². The Morgan fingerprint density at radius 1 is 1.33 bits per heavy atom. The highest BCUT2D eigenvalue weighted by atomic mass is 32.2. The number of aryl methyl sites for hydroxylation is 1. The van der Waals surface area contributed by atoms with Crippen LogP contribution in [-0.4, -0.2) is 42.0 Å². The van der Waals surface area contributed by atoms with Gasteiger partial charge in [-0.3, -0.25) is 0 Å². The quantitative estimate of drug-likeness (QED) is 0.401. The molecule has 0 aliphatic carbocycles. The van der Waals surface area contributed by atoms with Crippen molar-refractivity contribution in [2.75, 3.05) is 32.1 Å². The SMILES string of the molecule is CCCCOCCNCCSc1nccc(C)n1. The lowest BCUT2D eigenvalue weighted by Crippen LogP contribution is -2.22. The minimum absolute atomic E-state index is 0.797. The van der Waals surface area contributed by atoms with Gasteiger partial charge in [0.2, 0.25) is 0 Å². The predicted octanol–water partition coefficient (Wildman–Crippen LogP) is 2.28. The van der Waals surface area contributed by atoms with Gasteiger partial charge in [0.05, 0.1) is 6.61 Å². The van der Waals surface area contributed by atoms with Crippen molar-refractivity contribution in [1.82, 2.24) is 15.3 Å². The molecule has 0 fully saturated rings. The van der Waals surface area contributed by atoms with Crippen molar-refractivity contribution in [3.8, 4) is 0 Å². The molecule has 5 heteroatoms. The molecule has 0 aliphatic rings. The lowest BCUT2D eigenvalue weighted by atomic mass is 10.4. The number of nitrogens with one attached hydrogen (secondary N) is 1. The monoisotopic (exact) mass is 269 g/mol. The fourth-order valence-corrected chi connectivity index (χ4v) is 2.10. The van der Waals surface area contributed by atoms with Crippen LogP contribution in [0.15, 0.2) is 17.4 Å². The number of unbranched alkanes of at least 4 members (excludes halogenated alkanes) is 1. The summed E-state index contributed by atoms with van der Waals surface area (Å²) in [5.41, 5.74) is 1.02. The number of nitrogens with zero attached hydrogens (tertiary/aromatic N) is 2. The molecule has 0 saturated carbocycles. The van der Waals surface area contributed by atoms with Gasteiger partial charge < -0.3 is 10.1 Å². The van der Waals surface area contributed by atoms with Crippen LogP contribution in [0.1, 0.15) is 25.5 Å². The second kappa shape index (κ2) is 10.3. The van der Waals surface area contributed by atoms with Gasteiger partial charge in [-0.25, -0.2) is 9.97 Å². The Morgan fingerprint density at radius 2 is 2.22 bits per heavy atom. The number of ether oxygens (including phenoxy) is 1. The molecule has 1 heterocycles. The van der Waals surface area contributed by atoms with Crippen molar-refractivity contribution in [3.05, 3.63) is 18.0 Å². The minimum atomic E-state index is 0.797. The molecule has 0 unspecified atom stereocenters. The Hall–Kier alpha value is -0.650. The van der Waals surface area contributed by atoms with Crippen LogP contribution >= 0.6 is 11.8 Å². The van der Waals surface area contributed by atoms with E-state index in [0.29, 0.717) is 0 Å². The molecule has 0 saturated heterocycles. The standard InChI is InChI=1S/C13H23N3OS/c1-3-4-9-17-10-7-14-8-11-18-13-15-6-5-12(2)16-13/h5-6,14H,3-4,7-11H2,1-2H3. The minimum Gasteiger partial charge on any atom is -0.380 e. The highest BCUT2D eigenvalue weighted by Crippen LogP contribution is 2.10. The number of aromatic nitrogens is 2. The van der Waals surface area contributed by atoms with Gasteiger partial charge in [0.1, 0.15) is 0 Å². The fraction of sp³-hybridized carbons (Fsp3) is 0.692. The summed E-state index contributed by atoms with van der Waals surface area (Å²) in [7, 11) is 0. The largest absolute Gasteiger partial charge is 0.380 e. The molecular weight excluding hydrogens is 246 g/mol. The molecule has 1 rings (SSSR count). The van der Waals surface area contributed by atoms with Crippen molar-refractivity contribution in [2.45, 2.75) is 31.8 Å². The van der Waals surface area contributed by atoms with Crippen LogP contribution in [0.5, 0.6) is 0 Å². The zero-order valence-electron chi connectivity index (χ0n) is 11.3. The Balaban J connectivity index is 1.92. The van der Waals surface area contributed by atoms with E-state index < -0.39 is 0 Å². The Bertz CT molecular complexity index is 323. The van der Waals surface area contributed by atoms with Crippen LogP contribution in [0.3, 0.4) is 0 Å². The molecule has 0 aromatic carbocycles. The van der Waals surface area contributed by atoms with Crippen LogP contribution in [0.4, 0.5) is 0 Å². The van der Waals surface area contributed by atoms with E-state index in [2.05, 4.69) is 22.2 Å². The summed E-state index contributed by atoms with van der Waals surface area (Å²) in [5.74, 6) is 0.985. The van der Waals surface area contributed by atoms with Gasteiger partial charge in [0.25, 0.3) is 0 Å². The van der Waals surface area contributed by atoms with Gasteiger partial charge >= 0.3 is 0 Å². The molecular formula is C13H23N3OS. The lowest BCUT2D eigenvalue weighted by Gasteiger charge is -2.05. The normalized spacial score (nSPS) is 10.8. The molecule has 1 N–H and O–H groups in total. The first-order chi connectivity index (χ1) is 8.83. The van der Waals surface area contributed by atoms with Crippen LogP contribution in [0.25, 0.3) is 0 Å². The van der Waals surface area contributed by atoms with Crippen LogP contribution in [0.2, 0.25) is 0 Å². The zero-order chi connectivity index (χ0) is 13.1. The molecule has 1 aromatic heterocycles. The van der Waals surface area contributed by atoms with Crippen LogP contribution in [0, 0.1) is 6.92 Å². The van der Waals surface area contributed by atoms with Crippen LogP contribution < -0.4 is 5.32 Å². The second-order valence-electron chi connectivity index (χ2n) is 4.04. The Kier molecular flexibility index (Phi) is 8.81. The Morgan fingerprint density at radius 3 is 3.00 bits per heavy atom. The van der Waals surface area contributed by atoms with Crippen molar-refractivity contribution < 1.29 is 4.74 Å². The molecule has 0 bridgehead atoms. The average Bonchev–Trinajstić information content (AvgIpc) is 2.37. The van der Waals surface area contributed by atoms with Gasteiger partial charge in [-0.2, -0.15) is 0 Å². The highest BCUT2D eigenvalue weighted by Gasteiger charge is 1.97. The summed E-state index contributed by atoms with van der Waals surface area (Å²) in [4.78, 5) is 8.55. The molecule has 0 aliphatic heterocycles. The maximum atomic E-state index is 5.46. The summed E-state index contributed by atoms with van der Waals surface area (Å²) in [5, 5.41) is 4.20. The number of hydrogen-bond donors (Lipinski definition) is 1. The average molecular weight is 269 g/mol.